The molecule has 2 rings (SSSR count). The van der Waals surface area contributed by atoms with Gasteiger partial charge >= 0.3 is 0 Å². The van der Waals surface area contributed by atoms with E-state index >= 15 is 0 Å². The van der Waals surface area contributed by atoms with Crippen molar-refractivity contribution in [3.05, 3.63) is 35.6 Å². The summed E-state index contributed by atoms with van der Waals surface area (Å²) < 4.78 is 12.8. The van der Waals surface area contributed by atoms with Gasteiger partial charge < -0.3 is 11.1 Å². The normalized spacial score (nSPS) is 17.7. The monoisotopic (exact) mass is 208 g/mol. The molecule has 0 amide bonds. The van der Waals surface area contributed by atoms with Gasteiger partial charge in [0.05, 0.1) is 0 Å². The molecule has 0 radical (unpaired) electrons. The largest absolute Gasteiger partial charge is 0.329 e. The fraction of sp³-hybridized carbons (Fsp3) is 0.500. The number of hydrogen-bond donors (Lipinski definition) is 2. The van der Waals surface area contributed by atoms with E-state index < -0.39 is 0 Å². The second-order valence-corrected chi connectivity index (χ2v) is 4.11. The van der Waals surface area contributed by atoms with Crippen molar-refractivity contribution in [3.8, 4) is 0 Å². The lowest BCUT2D eigenvalue weighted by Gasteiger charge is -2.18. The van der Waals surface area contributed by atoms with E-state index in [4.69, 9.17) is 5.73 Å². The molecule has 0 aliphatic heterocycles. The molecule has 0 aromatic heterocycles. The van der Waals surface area contributed by atoms with Crippen LogP contribution in [0.15, 0.2) is 24.3 Å². The minimum absolute atomic E-state index is 0.174. The first-order valence-electron chi connectivity index (χ1n) is 5.50. The van der Waals surface area contributed by atoms with E-state index in [2.05, 4.69) is 5.32 Å². The Hall–Kier alpha value is -0.930. The lowest BCUT2D eigenvalue weighted by atomic mass is 10.0. The molecule has 0 saturated heterocycles. The van der Waals surface area contributed by atoms with Crippen LogP contribution in [0.3, 0.4) is 0 Å². The highest BCUT2D eigenvalue weighted by Crippen LogP contribution is 2.40. The molecule has 1 fully saturated rings. The Morgan fingerprint density at radius 3 is 2.53 bits per heavy atom. The number of benzene rings is 1. The molecule has 1 saturated carbocycles. The Labute approximate surface area is 89.7 Å². The smallest absolute Gasteiger partial charge is 0.123 e. The summed E-state index contributed by atoms with van der Waals surface area (Å²) in [6.45, 7) is 1.46. The fourth-order valence-electron chi connectivity index (χ4n) is 1.90. The van der Waals surface area contributed by atoms with E-state index in [0.717, 1.165) is 6.54 Å². The summed E-state index contributed by atoms with van der Waals surface area (Å²) >= 11 is 0. The Morgan fingerprint density at radius 2 is 2.00 bits per heavy atom. The van der Waals surface area contributed by atoms with Crippen molar-refractivity contribution in [2.75, 3.05) is 13.1 Å². The van der Waals surface area contributed by atoms with Crippen molar-refractivity contribution in [2.45, 2.75) is 18.9 Å². The van der Waals surface area contributed by atoms with Crippen LogP contribution in [0.25, 0.3) is 0 Å². The maximum Gasteiger partial charge on any atom is 0.123 e. The Balaban J connectivity index is 2.06. The van der Waals surface area contributed by atoms with Crippen LogP contribution in [0.4, 0.5) is 4.39 Å². The van der Waals surface area contributed by atoms with Gasteiger partial charge in [-0.1, -0.05) is 12.1 Å². The van der Waals surface area contributed by atoms with Gasteiger partial charge in [0.2, 0.25) is 0 Å². The van der Waals surface area contributed by atoms with Crippen LogP contribution >= 0.6 is 0 Å². The molecular formula is C12H17FN2. The number of nitrogens with two attached hydrogens (primary N) is 1. The molecule has 1 aliphatic rings. The molecule has 1 unspecified atom stereocenters. The molecule has 15 heavy (non-hydrogen) atoms. The molecule has 3 heteroatoms. The zero-order chi connectivity index (χ0) is 10.7. The molecule has 2 nitrogen and oxygen atoms in total. The Bertz CT molecular complexity index is 306. The first kappa shape index (κ1) is 10.6. The molecule has 82 valence electrons. The van der Waals surface area contributed by atoms with Crippen molar-refractivity contribution in [1.82, 2.24) is 5.32 Å². The van der Waals surface area contributed by atoms with Gasteiger partial charge in [-0.3, -0.25) is 0 Å². The molecule has 1 aromatic rings. The molecule has 0 heterocycles. The van der Waals surface area contributed by atoms with Gasteiger partial charge in [0.25, 0.3) is 0 Å². The fourth-order valence-corrected chi connectivity index (χ4v) is 1.90. The standard InChI is InChI=1S/C12H17FN2/c13-11-5-3-10(4-6-11)12(9-1-2-9)15-8-7-14/h3-6,9,12,15H,1-2,7-8,14H2. The minimum Gasteiger partial charge on any atom is -0.329 e. The van der Waals surface area contributed by atoms with Crippen LogP contribution in [-0.2, 0) is 0 Å². The average molecular weight is 208 g/mol. The first-order valence-corrected chi connectivity index (χ1v) is 5.50. The molecule has 1 aromatic carbocycles. The number of nitrogens with one attached hydrogen (secondary N) is 1. The first-order chi connectivity index (χ1) is 7.31. The van der Waals surface area contributed by atoms with Crippen LogP contribution in [0.2, 0.25) is 0 Å². The van der Waals surface area contributed by atoms with Gasteiger partial charge in [0.15, 0.2) is 0 Å². The van der Waals surface area contributed by atoms with Crippen molar-refractivity contribution >= 4 is 0 Å². The average Bonchev–Trinajstić information content (AvgIpc) is 3.05. The number of rotatable bonds is 5. The lowest BCUT2D eigenvalue weighted by molar-refractivity contribution is 0.487. The summed E-state index contributed by atoms with van der Waals surface area (Å²) in [5, 5.41) is 3.42. The highest BCUT2D eigenvalue weighted by Gasteiger charge is 2.31. The van der Waals surface area contributed by atoms with E-state index in [1.54, 1.807) is 0 Å². The van der Waals surface area contributed by atoms with E-state index in [1.165, 1.54) is 30.5 Å². The third-order valence-corrected chi connectivity index (χ3v) is 2.83. The molecule has 3 N–H and O–H groups in total. The highest BCUT2D eigenvalue weighted by atomic mass is 19.1. The van der Waals surface area contributed by atoms with Crippen LogP contribution in [-0.4, -0.2) is 13.1 Å². The van der Waals surface area contributed by atoms with Gasteiger partial charge in [-0.25, -0.2) is 4.39 Å². The summed E-state index contributed by atoms with van der Waals surface area (Å²) in [5.41, 5.74) is 6.65. The quantitative estimate of drug-likeness (QED) is 0.774. The molecule has 1 aliphatic carbocycles. The summed E-state index contributed by atoms with van der Waals surface area (Å²) in [6, 6.07) is 7.13. The second kappa shape index (κ2) is 4.73. The molecule has 1 atom stereocenters. The van der Waals surface area contributed by atoms with Crippen LogP contribution in [0.1, 0.15) is 24.4 Å². The highest BCUT2D eigenvalue weighted by molar-refractivity contribution is 5.21. The van der Waals surface area contributed by atoms with E-state index in [9.17, 15) is 4.39 Å². The summed E-state index contributed by atoms with van der Waals surface area (Å²) in [6.07, 6.45) is 2.53. The Kier molecular flexibility index (Phi) is 3.34. The van der Waals surface area contributed by atoms with Crippen molar-refractivity contribution in [1.29, 1.82) is 0 Å². The number of halogens is 1. The number of hydrogen-bond acceptors (Lipinski definition) is 2. The van der Waals surface area contributed by atoms with Crippen LogP contribution in [0.5, 0.6) is 0 Å². The second-order valence-electron chi connectivity index (χ2n) is 4.11. The van der Waals surface area contributed by atoms with Crippen molar-refractivity contribution in [3.63, 3.8) is 0 Å². The topological polar surface area (TPSA) is 38.0 Å². The van der Waals surface area contributed by atoms with Gasteiger partial charge in [-0.05, 0) is 36.5 Å². The molecule has 0 bridgehead atoms. The van der Waals surface area contributed by atoms with Gasteiger partial charge in [0, 0.05) is 19.1 Å². The third kappa shape index (κ3) is 2.76. The van der Waals surface area contributed by atoms with Crippen molar-refractivity contribution < 1.29 is 4.39 Å². The van der Waals surface area contributed by atoms with Gasteiger partial charge in [-0.15, -0.1) is 0 Å². The lowest BCUT2D eigenvalue weighted by Crippen LogP contribution is -2.28. The van der Waals surface area contributed by atoms with Crippen LogP contribution in [0, 0.1) is 11.7 Å². The molecule has 0 spiro atoms. The van der Waals surface area contributed by atoms with E-state index in [1.807, 2.05) is 12.1 Å². The maximum absolute atomic E-state index is 12.8. The van der Waals surface area contributed by atoms with Gasteiger partial charge in [0.1, 0.15) is 5.82 Å². The summed E-state index contributed by atoms with van der Waals surface area (Å²) in [5.74, 6) is 0.536. The predicted molar refractivity (Wildman–Crippen MR) is 58.9 cm³/mol. The third-order valence-electron chi connectivity index (χ3n) is 2.83. The zero-order valence-electron chi connectivity index (χ0n) is 8.75. The minimum atomic E-state index is -0.174. The maximum atomic E-state index is 12.8. The van der Waals surface area contributed by atoms with E-state index in [0.29, 0.717) is 18.5 Å². The molecular weight excluding hydrogens is 191 g/mol. The van der Waals surface area contributed by atoms with E-state index in [-0.39, 0.29) is 5.82 Å². The van der Waals surface area contributed by atoms with Gasteiger partial charge in [-0.2, -0.15) is 0 Å². The predicted octanol–water partition coefficient (Wildman–Crippen LogP) is 1.83. The Morgan fingerprint density at radius 1 is 1.33 bits per heavy atom. The van der Waals surface area contributed by atoms with Crippen LogP contribution < -0.4 is 11.1 Å². The summed E-state index contributed by atoms with van der Waals surface area (Å²) in [7, 11) is 0. The van der Waals surface area contributed by atoms with Crippen molar-refractivity contribution in [2.24, 2.45) is 11.7 Å². The zero-order valence-corrected chi connectivity index (χ0v) is 8.75. The SMILES string of the molecule is NCCNC(c1ccc(F)cc1)C1CC1. The summed E-state index contributed by atoms with van der Waals surface area (Å²) in [4.78, 5) is 0.